The summed E-state index contributed by atoms with van der Waals surface area (Å²) in [6.07, 6.45) is -1.47. The molecule has 0 fully saturated rings. The Balaban J connectivity index is 2.40. The van der Waals surface area contributed by atoms with Crippen LogP contribution in [-0.4, -0.2) is 25.5 Å². The highest BCUT2D eigenvalue weighted by Gasteiger charge is 2.33. The number of nitrogens with zero attached hydrogens (tertiary/aromatic N) is 2. The molecule has 2 rings (SSSR count). The third kappa shape index (κ3) is 4.07. The van der Waals surface area contributed by atoms with Crippen LogP contribution in [0.2, 0.25) is 0 Å². The van der Waals surface area contributed by atoms with Gasteiger partial charge >= 0.3 is 6.18 Å². The Morgan fingerprint density at radius 2 is 1.91 bits per heavy atom. The molecule has 122 valence electrons. The van der Waals surface area contributed by atoms with Crippen molar-refractivity contribution in [2.45, 2.75) is 11.2 Å². The van der Waals surface area contributed by atoms with E-state index in [0.717, 1.165) is 24.4 Å². The number of ether oxygens (including phenoxy) is 1. The van der Waals surface area contributed by atoms with Gasteiger partial charge in [-0.25, -0.2) is 13.4 Å². The van der Waals surface area contributed by atoms with Gasteiger partial charge in [0.15, 0.2) is 5.03 Å². The van der Waals surface area contributed by atoms with E-state index in [1.54, 1.807) is 0 Å². The van der Waals surface area contributed by atoms with Crippen LogP contribution in [0.5, 0.6) is 5.75 Å². The molecule has 0 spiro atoms. The molecule has 0 saturated heterocycles. The molecule has 0 bridgehead atoms. The van der Waals surface area contributed by atoms with Crippen LogP contribution in [0.3, 0.4) is 0 Å². The smallest absolute Gasteiger partial charge is 0.418 e. The molecule has 0 radical (unpaired) electrons. The van der Waals surface area contributed by atoms with Crippen molar-refractivity contribution in [2.24, 2.45) is 0 Å². The first-order chi connectivity index (χ1) is 10.7. The first-order valence-electron chi connectivity index (χ1n) is 6.19. The van der Waals surface area contributed by atoms with Crippen LogP contribution in [0.1, 0.15) is 11.3 Å². The van der Waals surface area contributed by atoms with Crippen LogP contribution in [0.15, 0.2) is 47.1 Å². The molecule has 0 aliphatic heterocycles. The highest BCUT2D eigenvalue weighted by Crippen LogP contribution is 2.31. The van der Waals surface area contributed by atoms with Gasteiger partial charge in [-0.1, -0.05) is 0 Å². The van der Waals surface area contributed by atoms with E-state index >= 15 is 0 Å². The van der Waals surface area contributed by atoms with Gasteiger partial charge < -0.3 is 4.74 Å². The predicted molar refractivity (Wildman–Crippen MR) is 76.2 cm³/mol. The molecule has 0 N–H and O–H groups in total. The lowest BCUT2D eigenvalue weighted by Crippen LogP contribution is -2.08. The number of pyridine rings is 2. The molecule has 2 aromatic rings. The predicted octanol–water partition coefficient (Wildman–Crippen LogP) is 2.95. The highest BCUT2D eigenvalue weighted by atomic mass is 32.2. The maximum Gasteiger partial charge on any atom is 0.418 e. The van der Waals surface area contributed by atoms with Crippen molar-refractivity contribution in [2.75, 3.05) is 7.11 Å². The lowest BCUT2D eigenvalue weighted by molar-refractivity contribution is -0.138. The van der Waals surface area contributed by atoms with Crippen LogP contribution >= 0.6 is 0 Å². The van der Waals surface area contributed by atoms with Gasteiger partial charge in [-0.2, -0.15) is 13.2 Å². The first-order valence-corrected chi connectivity index (χ1v) is 7.74. The lowest BCUT2D eigenvalue weighted by atomic mass is 10.2. The summed E-state index contributed by atoms with van der Waals surface area (Å²) in [6, 6.07) is 4.56. The maximum atomic E-state index is 12.8. The van der Waals surface area contributed by atoms with Crippen LogP contribution in [0, 0.1) is 0 Å². The van der Waals surface area contributed by atoms with E-state index in [1.165, 1.54) is 25.4 Å². The van der Waals surface area contributed by atoms with Gasteiger partial charge in [0.1, 0.15) is 5.75 Å². The van der Waals surface area contributed by atoms with E-state index in [-0.39, 0.29) is 10.8 Å². The Kier molecular flexibility index (Phi) is 4.69. The Bertz CT molecular complexity index is 833. The third-order valence-electron chi connectivity index (χ3n) is 2.78. The van der Waals surface area contributed by atoms with Crippen molar-refractivity contribution in [3.05, 3.63) is 53.3 Å². The highest BCUT2D eigenvalue weighted by molar-refractivity contribution is 7.94. The van der Waals surface area contributed by atoms with Crippen molar-refractivity contribution < 1.29 is 26.3 Å². The van der Waals surface area contributed by atoms with Crippen molar-refractivity contribution in [1.29, 1.82) is 0 Å². The minimum atomic E-state index is -4.63. The van der Waals surface area contributed by atoms with Crippen LogP contribution in [0.25, 0.3) is 6.08 Å². The van der Waals surface area contributed by atoms with E-state index in [4.69, 9.17) is 4.74 Å². The minimum absolute atomic E-state index is 0.265. The lowest BCUT2D eigenvalue weighted by Gasteiger charge is -2.08. The molecular weight excluding hydrogens is 333 g/mol. The number of hydrogen-bond donors (Lipinski definition) is 0. The van der Waals surface area contributed by atoms with Crippen LogP contribution in [-0.2, 0) is 16.0 Å². The standard InChI is InChI=1S/C14H11F3N2O3S/c1-22-10-4-7-19-13(9-10)23(20,21)8-5-12-11(14(15,16)17)3-2-6-18-12/h2-9H,1H3/b8-5+. The van der Waals surface area contributed by atoms with Gasteiger partial charge in [-0.15, -0.1) is 0 Å². The fourth-order valence-corrected chi connectivity index (χ4v) is 2.62. The average Bonchev–Trinajstić information content (AvgIpc) is 2.52. The summed E-state index contributed by atoms with van der Waals surface area (Å²) in [5.74, 6) is 0.265. The van der Waals surface area contributed by atoms with Crippen molar-refractivity contribution >= 4 is 15.9 Å². The molecule has 5 nitrogen and oxygen atoms in total. The molecule has 23 heavy (non-hydrogen) atoms. The molecule has 0 aromatic carbocycles. The number of rotatable bonds is 4. The molecule has 2 heterocycles. The number of alkyl halides is 3. The molecular formula is C14H11F3N2O3S. The summed E-state index contributed by atoms with van der Waals surface area (Å²) in [5.41, 5.74) is -1.52. The summed E-state index contributed by atoms with van der Waals surface area (Å²) in [6.45, 7) is 0. The Hall–Kier alpha value is -2.42. The third-order valence-corrected chi connectivity index (χ3v) is 4.08. The second-order valence-corrected chi connectivity index (χ2v) is 6.10. The van der Waals surface area contributed by atoms with Gasteiger partial charge in [0.2, 0.25) is 9.84 Å². The summed E-state index contributed by atoms with van der Waals surface area (Å²) in [7, 11) is -2.68. The van der Waals surface area contributed by atoms with E-state index in [9.17, 15) is 21.6 Å². The van der Waals surface area contributed by atoms with Gasteiger partial charge in [0.05, 0.1) is 18.4 Å². The van der Waals surface area contributed by atoms with Gasteiger partial charge in [0, 0.05) is 23.9 Å². The van der Waals surface area contributed by atoms with Crippen LogP contribution in [0.4, 0.5) is 13.2 Å². The normalized spacial score (nSPS) is 12.5. The molecule has 0 aliphatic carbocycles. The Morgan fingerprint density at radius 3 is 2.57 bits per heavy atom. The SMILES string of the molecule is COc1ccnc(S(=O)(=O)/C=C/c2ncccc2C(F)(F)F)c1. The fraction of sp³-hybridized carbons (Fsp3) is 0.143. The molecule has 2 aromatic heterocycles. The number of hydrogen-bond acceptors (Lipinski definition) is 5. The van der Waals surface area contributed by atoms with E-state index in [1.807, 2.05) is 0 Å². The van der Waals surface area contributed by atoms with Gasteiger partial charge in [-0.05, 0) is 24.3 Å². The van der Waals surface area contributed by atoms with Crippen molar-refractivity contribution in [3.8, 4) is 5.75 Å². The number of methoxy groups -OCH3 is 1. The molecule has 0 aliphatic rings. The zero-order valence-corrected chi connectivity index (χ0v) is 12.6. The van der Waals surface area contributed by atoms with Crippen molar-refractivity contribution in [1.82, 2.24) is 9.97 Å². The molecule has 0 amide bonds. The summed E-state index contributed by atoms with van der Waals surface area (Å²) in [5, 5.41) is 0.296. The van der Waals surface area contributed by atoms with E-state index < -0.39 is 27.3 Å². The summed E-state index contributed by atoms with van der Waals surface area (Å²) >= 11 is 0. The largest absolute Gasteiger partial charge is 0.497 e. The first kappa shape index (κ1) is 16.9. The van der Waals surface area contributed by atoms with E-state index in [0.29, 0.717) is 5.41 Å². The van der Waals surface area contributed by atoms with E-state index in [2.05, 4.69) is 9.97 Å². The Labute approximate surface area is 130 Å². The quantitative estimate of drug-likeness (QED) is 0.853. The Morgan fingerprint density at radius 1 is 1.17 bits per heavy atom. The number of halogens is 3. The second kappa shape index (κ2) is 6.37. The van der Waals surface area contributed by atoms with Crippen molar-refractivity contribution in [3.63, 3.8) is 0 Å². The molecule has 0 saturated carbocycles. The van der Waals surface area contributed by atoms with Gasteiger partial charge in [-0.3, -0.25) is 4.98 Å². The summed E-state index contributed by atoms with van der Waals surface area (Å²) in [4.78, 5) is 7.24. The zero-order valence-electron chi connectivity index (χ0n) is 11.8. The molecule has 0 atom stereocenters. The molecule has 0 unspecified atom stereocenters. The number of sulfone groups is 1. The monoisotopic (exact) mass is 344 g/mol. The topological polar surface area (TPSA) is 69.2 Å². The minimum Gasteiger partial charge on any atom is -0.497 e. The second-order valence-electron chi connectivity index (χ2n) is 4.32. The average molecular weight is 344 g/mol. The molecule has 9 heteroatoms. The fourth-order valence-electron chi connectivity index (χ4n) is 1.69. The maximum absolute atomic E-state index is 12.8. The van der Waals surface area contributed by atoms with Gasteiger partial charge in [0.25, 0.3) is 0 Å². The number of aromatic nitrogens is 2. The zero-order chi connectivity index (χ0) is 17.1. The van der Waals surface area contributed by atoms with Crippen LogP contribution < -0.4 is 4.74 Å². The summed E-state index contributed by atoms with van der Waals surface area (Å²) < 4.78 is 67.6.